The van der Waals surface area contributed by atoms with E-state index in [9.17, 15) is 28.4 Å². The summed E-state index contributed by atoms with van der Waals surface area (Å²) in [4.78, 5) is 44.3. The zero-order valence-corrected chi connectivity index (χ0v) is 24.3. The van der Waals surface area contributed by atoms with Gasteiger partial charge in [0, 0.05) is 19.5 Å². The van der Waals surface area contributed by atoms with Crippen molar-refractivity contribution in [1.82, 2.24) is 25.1 Å². The molecule has 0 aromatic heterocycles. The van der Waals surface area contributed by atoms with Crippen LogP contribution in [0.25, 0.3) is 10.8 Å². The van der Waals surface area contributed by atoms with E-state index in [-0.39, 0.29) is 51.0 Å². The molecular weight excluding hydrogens is 578 g/mol. The fourth-order valence-corrected chi connectivity index (χ4v) is 6.09. The van der Waals surface area contributed by atoms with Gasteiger partial charge in [0.1, 0.15) is 30.4 Å². The fraction of sp³-hybridized carbons (Fsp3) is 0.235. The van der Waals surface area contributed by atoms with Crippen molar-refractivity contribution in [3.05, 3.63) is 119 Å². The third-order valence-corrected chi connectivity index (χ3v) is 8.27. The molecule has 4 aromatic carbocycles. The van der Waals surface area contributed by atoms with Gasteiger partial charge in [-0.25, -0.2) is 18.6 Å². The van der Waals surface area contributed by atoms with E-state index in [4.69, 9.17) is 0 Å². The lowest BCUT2D eigenvalue weighted by molar-refractivity contribution is -0.157. The number of carbonyl (C=O) groups is 3. The molecule has 2 saturated heterocycles. The van der Waals surface area contributed by atoms with Crippen molar-refractivity contribution < 1.29 is 23.2 Å². The Kier molecular flexibility index (Phi) is 8.40. The standard InChI is InChI=1S/C34H30F2N6O3/c35-27-12-8-23(9-13-27)18-30-33(44)39(20-26-6-3-5-25-4-1-2-7-29(25)26)21-31-41(22-32(43)42(30)31)40(17-16-37)34(45)38-19-24-10-14-28(36)15-11-24/h1-15,30-31H,17-22H2,(H,38,45)/t30-,31+/m0/s1. The van der Waals surface area contributed by atoms with Gasteiger partial charge in [-0.3, -0.25) is 9.59 Å². The number of nitriles is 1. The average Bonchev–Trinajstić information content (AvgIpc) is 3.37. The highest BCUT2D eigenvalue weighted by Crippen LogP contribution is 2.31. The van der Waals surface area contributed by atoms with E-state index in [1.807, 2.05) is 48.5 Å². The van der Waals surface area contributed by atoms with Gasteiger partial charge < -0.3 is 15.1 Å². The van der Waals surface area contributed by atoms with Crippen molar-refractivity contribution in [2.75, 3.05) is 19.6 Å². The molecule has 0 radical (unpaired) electrons. The van der Waals surface area contributed by atoms with Crippen LogP contribution in [0.5, 0.6) is 0 Å². The molecule has 6 rings (SSSR count). The summed E-state index contributed by atoms with van der Waals surface area (Å²) in [5.41, 5.74) is 2.26. The molecular formula is C34H30F2N6O3. The molecule has 2 atom stereocenters. The number of benzene rings is 4. The number of rotatable bonds is 8. The highest BCUT2D eigenvalue weighted by atomic mass is 19.1. The van der Waals surface area contributed by atoms with Gasteiger partial charge in [0.2, 0.25) is 11.8 Å². The molecule has 1 N–H and O–H groups in total. The van der Waals surface area contributed by atoms with Crippen molar-refractivity contribution in [3.63, 3.8) is 0 Å². The SMILES string of the molecule is N#CCN(C(=O)NCc1ccc(F)cc1)N1CC(=O)N2[C@@H](Cc3ccc(F)cc3)C(=O)N(Cc3cccc4ccccc34)C[C@@H]21. The second-order valence-corrected chi connectivity index (χ2v) is 11.1. The molecule has 11 heteroatoms. The first-order valence-electron chi connectivity index (χ1n) is 14.6. The Morgan fingerprint density at radius 3 is 2.29 bits per heavy atom. The number of piperazine rings is 1. The van der Waals surface area contributed by atoms with E-state index in [0.29, 0.717) is 11.1 Å². The maximum Gasteiger partial charge on any atom is 0.333 e. The minimum atomic E-state index is -0.909. The van der Waals surface area contributed by atoms with E-state index in [1.165, 1.54) is 39.2 Å². The normalized spacial score (nSPS) is 18.2. The van der Waals surface area contributed by atoms with Gasteiger partial charge >= 0.3 is 6.03 Å². The lowest BCUT2D eigenvalue weighted by atomic mass is 9.99. The quantitative estimate of drug-likeness (QED) is 0.303. The summed E-state index contributed by atoms with van der Waals surface area (Å²) in [5.74, 6) is -1.43. The Bertz CT molecular complexity index is 1770. The summed E-state index contributed by atoms with van der Waals surface area (Å²) in [5, 5.41) is 17.1. The molecule has 45 heavy (non-hydrogen) atoms. The van der Waals surface area contributed by atoms with Gasteiger partial charge in [0.05, 0.1) is 19.2 Å². The first-order chi connectivity index (χ1) is 21.8. The number of hydrogen-bond acceptors (Lipinski definition) is 5. The molecule has 4 aromatic rings. The Balaban J connectivity index is 1.31. The van der Waals surface area contributed by atoms with Crippen LogP contribution >= 0.6 is 0 Å². The van der Waals surface area contributed by atoms with Crippen LogP contribution in [0.2, 0.25) is 0 Å². The monoisotopic (exact) mass is 608 g/mol. The summed E-state index contributed by atoms with van der Waals surface area (Å²) >= 11 is 0. The van der Waals surface area contributed by atoms with Crippen molar-refractivity contribution >= 4 is 28.6 Å². The molecule has 4 amide bonds. The van der Waals surface area contributed by atoms with Gasteiger partial charge in [0.15, 0.2) is 0 Å². The third kappa shape index (κ3) is 6.18. The minimum absolute atomic E-state index is 0.0795. The molecule has 0 unspecified atom stereocenters. The number of halogens is 2. The highest BCUT2D eigenvalue weighted by molar-refractivity contribution is 5.92. The van der Waals surface area contributed by atoms with E-state index < -0.39 is 29.9 Å². The zero-order valence-electron chi connectivity index (χ0n) is 24.3. The summed E-state index contributed by atoms with van der Waals surface area (Å²) in [6.07, 6.45) is -0.587. The van der Waals surface area contributed by atoms with Crippen LogP contribution in [-0.4, -0.2) is 69.5 Å². The molecule has 2 heterocycles. The first-order valence-corrected chi connectivity index (χ1v) is 14.6. The minimum Gasteiger partial charge on any atom is -0.333 e. The highest BCUT2D eigenvalue weighted by Gasteiger charge is 2.52. The van der Waals surface area contributed by atoms with E-state index >= 15 is 0 Å². The number of fused-ring (bicyclic) bond motifs is 2. The molecule has 0 bridgehead atoms. The van der Waals surface area contributed by atoms with Crippen molar-refractivity contribution in [1.29, 1.82) is 5.26 Å². The number of hydrogen-bond donors (Lipinski definition) is 1. The van der Waals surface area contributed by atoms with Crippen LogP contribution < -0.4 is 5.32 Å². The van der Waals surface area contributed by atoms with Crippen molar-refractivity contribution in [2.24, 2.45) is 0 Å². The molecule has 2 fully saturated rings. The van der Waals surface area contributed by atoms with Crippen molar-refractivity contribution in [2.45, 2.75) is 31.7 Å². The molecule has 9 nitrogen and oxygen atoms in total. The summed E-state index contributed by atoms with van der Waals surface area (Å²) in [6, 6.07) is 25.7. The van der Waals surface area contributed by atoms with Crippen LogP contribution in [0.15, 0.2) is 91.0 Å². The van der Waals surface area contributed by atoms with Gasteiger partial charge in [-0.1, -0.05) is 66.7 Å². The van der Waals surface area contributed by atoms with Crippen LogP contribution in [0.1, 0.15) is 16.7 Å². The van der Waals surface area contributed by atoms with E-state index in [1.54, 1.807) is 29.2 Å². The number of nitrogens with zero attached hydrogens (tertiary/aromatic N) is 5. The number of urea groups is 1. The molecule has 228 valence electrons. The fourth-order valence-electron chi connectivity index (χ4n) is 6.09. The maximum absolute atomic E-state index is 14.1. The van der Waals surface area contributed by atoms with Crippen LogP contribution in [0, 0.1) is 23.0 Å². The lowest BCUT2D eigenvalue weighted by Crippen LogP contribution is -2.66. The zero-order chi connectivity index (χ0) is 31.5. The summed E-state index contributed by atoms with van der Waals surface area (Å²) < 4.78 is 27.0. The van der Waals surface area contributed by atoms with E-state index in [0.717, 1.165) is 16.3 Å². The smallest absolute Gasteiger partial charge is 0.333 e. The Labute approximate surface area is 258 Å². The topological polar surface area (TPSA) is 100.0 Å². The number of carbonyl (C=O) groups excluding carboxylic acids is 3. The molecule has 0 saturated carbocycles. The largest absolute Gasteiger partial charge is 0.333 e. The predicted octanol–water partition coefficient (Wildman–Crippen LogP) is 4.19. The van der Waals surface area contributed by atoms with Gasteiger partial charge in [-0.15, -0.1) is 0 Å². The summed E-state index contributed by atoms with van der Waals surface area (Å²) in [6.45, 7) is -0.114. The number of nitrogens with one attached hydrogen (secondary N) is 1. The molecule has 2 aliphatic rings. The lowest BCUT2D eigenvalue weighted by Gasteiger charge is -2.46. The second kappa shape index (κ2) is 12.7. The van der Waals surface area contributed by atoms with E-state index in [2.05, 4.69) is 5.32 Å². The number of amides is 4. The van der Waals surface area contributed by atoms with Crippen LogP contribution in [0.3, 0.4) is 0 Å². The summed E-state index contributed by atoms with van der Waals surface area (Å²) in [7, 11) is 0. The Morgan fingerprint density at radius 2 is 1.58 bits per heavy atom. The van der Waals surface area contributed by atoms with Gasteiger partial charge in [0.25, 0.3) is 0 Å². The predicted molar refractivity (Wildman–Crippen MR) is 162 cm³/mol. The molecule has 2 aliphatic heterocycles. The molecule has 0 aliphatic carbocycles. The Morgan fingerprint density at radius 1 is 0.911 bits per heavy atom. The Hall–Kier alpha value is -5.34. The molecule has 0 spiro atoms. The maximum atomic E-state index is 14.1. The van der Waals surface area contributed by atoms with Gasteiger partial charge in [-0.2, -0.15) is 10.3 Å². The number of hydrazine groups is 1. The third-order valence-electron chi connectivity index (χ3n) is 8.27. The average molecular weight is 609 g/mol. The van der Waals surface area contributed by atoms with Crippen molar-refractivity contribution in [3.8, 4) is 6.07 Å². The van der Waals surface area contributed by atoms with Crippen LogP contribution in [0.4, 0.5) is 13.6 Å². The first kappa shape index (κ1) is 29.7. The second-order valence-electron chi connectivity index (χ2n) is 11.1. The van der Waals surface area contributed by atoms with Crippen LogP contribution in [-0.2, 0) is 29.1 Å². The van der Waals surface area contributed by atoms with Gasteiger partial charge in [-0.05, 0) is 51.7 Å².